The SMILES string of the molecule is O=C(NOCc1ccccc1)c1cc(Cl)c[nH]1. The molecular formula is C12H11ClN2O2. The molecule has 0 saturated carbocycles. The normalized spacial score (nSPS) is 10.2. The van der Waals surface area contributed by atoms with E-state index in [4.69, 9.17) is 16.4 Å². The number of amides is 1. The van der Waals surface area contributed by atoms with E-state index in [0.717, 1.165) is 5.56 Å². The second-order valence-corrected chi connectivity index (χ2v) is 3.87. The largest absolute Gasteiger partial charge is 0.356 e. The third-order valence-corrected chi connectivity index (χ3v) is 2.36. The van der Waals surface area contributed by atoms with Crippen LogP contribution in [0, 0.1) is 0 Å². The number of rotatable bonds is 4. The summed E-state index contributed by atoms with van der Waals surface area (Å²) in [7, 11) is 0. The fraction of sp³-hybridized carbons (Fsp3) is 0.0833. The minimum absolute atomic E-state index is 0.320. The molecule has 1 aromatic carbocycles. The Balaban J connectivity index is 1.81. The summed E-state index contributed by atoms with van der Waals surface area (Å²) in [6.07, 6.45) is 1.54. The van der Waals surface area contributed by atoms with Crippen LogP contribution in [0.2, 0.25) is 5.02 Å². The van der Waals surface area contributed by atoms with E-state index in [2.05, 4.69) is 10.5 Å². The van der Waals surface area contributed by atoms with Gasteiger partial charge in [0, 0.05) is 6.20 Å². The average molecular weight is 251 g/mol. The van der Waals surface area contributed by atoms with Crippen molar-refractivity contribution in [2.75, 3.05) is 0 Å². The Kier molecular flexibility index (Phi) is 3.80. The van der Waals surface area contributed by atoms with E-state index < -0.39 is 0 Å². The summed E-state index contributed by atoms with van der Waals surface area (Å²) in [5, 5.41) is 0.484. The number of aromatic amines is 1. The van der Waals surface area contributed by atoms with Crippen molar-refractivity contribution in [3.8, 4) is 0 Å². The lowest BCUT2D eigenvalue weighted by molar-refractivity contribution is 0.0230. The number of carbonyl (C=O) groups is 1. The molecule has 0 atom stereocenters. The van der Waals surface area contributed by atoms with Gasteiger partial charge in [0.15, 0.2) is 0 Å². The van der Waals surface area contributed by atoms with Gasteiger partial charge in [-0.3, -0.25) is 9.63 Å². The van der Waals surface area contributed by atoms with E-state index in [-0.39, 0.29) is 5.91 Å². The second-order valence-electron chi connectivity index (χ2n) is 3.44. The van der Waals surface area contributed by atoms with Crippen molar-refractivity contribution in [2.45, 2.75) is 6.61 Å². The number of aromatic nitrogens is 1. The van der Waals surface area contributed by atoms with E-state index in [1.807, 2.05) is 30.3 Å². The minimum Gasteiger partial charge on any atom is -0.356 e. The number of hydrogen-bond acceptors (Lipinski definition) is 2. The number of H-pyrrole nitrogens is 1. The molecule has 17 heavy (non-hydrogen) atoms. The van der Waals surface area contributed by atoms with Crippen LogP contribution in [0.1, 0.15) is 16.1 Å². The molecule has 0 bridgehead atoms. The Morgan fingerprint density at radius 2 is 2.12 bits per heavy atom. The molecule has 0 unspecified atom stereocenters. The Morgan fingerprint density at radius 1 is 1.35 bits per heavy atom. The highest BCUT2D eigenvalue weighted by molar-refractivity contribution is 6.30. The molecule has 0 aliphatic rings. The van der Waals surface area contributed by atoms with E-state index in [9.17, 15) is 4.79 Å². The van der Waals surface area contributed by atoms with Gasteiger partial charge < -0.3 is 4.98 Å². The van der Waals surface area contributed by atoms with Crippen molar-refractivity contribution < 1.29 is 9.63 Å². The monoisotopic (exact) mass is 250 g/mol. The molecule has 88 valence electrons. The molecule has 2 rings (SSSR count). The predicted molar refractivity (Wildman–Crippen MR) is 64.5 cm³/mol. The van der Waals surface area contributed by atoms with Crippen molar-refractivity contribution in [1.29, 1.82) is 0 Å². The first-order chi connectivity index (χ1) is 8.25. The van der Waals surface area contributed by atoms with Gasteiger partial charge in [-0.1, -0.05) is 41.9 Å². The number of hydrogen-bond donors (Lipinski definition) is 2. The van der Waals surface area contributed by atoms with Crippen LogP contribution >= 0.6 is 11.6 Å². The molecule has 0 aliphatic heterocycles. The van der Waals surface area contributed by atoms with E-state index in [1.54, 1.807) is 0 Å². The first-order valence-corrected chi connectivity index (χ1v) is 5.43. The predicted octanol–water partition coefficient (Wildman–Crippen LogP) is 2.53. The molecule has 5 heteroatoms. The molecule has 0 radical (unpaired) electrons. The van der Waals surface area contributed by atoms with Crippen LogP contribution < -0.4 is 5.48 Å². The Bertz CT molecular complexity index is 496. The van der Waals surface area contributed by atoms with Crippen LogP contribution in [-0.4, -0.2) is 10.9 Å². The van der Waals surface area contributed by atoms with Crippen molar-refractivity contribution in [2.24, 2.45) is 0 Å². The summed E-state index contributed by atoms with van der Waals surface area (Å²) in [5.41, 5.74) is 3.68. The van der Waals surface area contributed by atoms with Crippen LogP contribution in [0.5, 0.6) is 0 Å². The van der Waals surface area contributed by atoms with Crippen molar-refractivity contribution >= 4 is 17.5 Å². The van der Waals surface area contributed by atoms with Crippen LogP contribution in [0.4, 0.5) is 0 Å². The highest BCUT2D eigenvalue weighted by atomic mass is 35.5. The maximum atomic E-state index is 11.5. The molecule has 0 spiro atoms. The Hall–Kier alpha value is -1.78. The van der Waals surface area contributed by atoms with Crippen LogP contribution in [-0.2, 0) is 11.4 Å². The third kappa shape index (κ3) is 3.34. The third-order valence-electron chi connectivity index (χ3n) is 2.14. The first kappa shape index (κ1) is 11.7. The summed E-state index contributed by atoms with van der Waals surface area (Å²) >= 11 is 5.68. The van der Waals surface area contributed by atoms with Gasteiger partial charge in [-0.2, -0.15) is 0 Å². The smallest absolute Gasteiger partial charge is 0.291 e. The standard InChI is InChI=1S/C12H11ClN2O2/c13-10-6-11(14-7-10)12(16)15-17-8-9-4-2-1-3-5-9/h1-7,14H,8H2,(H,15,16). The molecule has 0 fully saturated rings. The van der Waals surface area contributed by atoms with Crippen LogP contribution in [0.15, 0.2) is 42.6 Å². The maximum Gasteiger partial charge on any atom is 0.291 e. The zero-order valence-electron chi connectivity index (χ0n) is 8.94. The molecule has 1 aromatic heterocycles. The van der Waals surface area contributed by atoms with Gasteiger partial charge in [0.1, 0.15) is 5.69 Å². The highest BCUT2D eigenvalue weighted by Crippen LogP contribution is 2.09. The fourth-order valence-corrected chi connectivity index (χ4v) is 1.48. The molecule has 1 amide bonds. The van der Waals surface area contributed by atoms with Gasteiger partial charge in [-0.25, -0.2) is 5.48 Å². The lowest BCUT2D eigenvalue weighted by Gasteiger charge is -2.04. The summed E-state index contributed by atoms with van der Waals surface area (Å²) in [6, 6.07) is 11.1. The average Bonchev–Trinajstić information content (AvgIpc) is 2.77. The molecule has 2 aromatic rings. The fourth-order valence-electron chi connectivity index (χ4n) is 1.31. The molecule has 0 aliphatic carbocycles. The zero-order valence-corrected chi connectivity index (χ0v) is 9.70. The Morgan fingerprint density at radius 3 is 2.76 bits per heavy atom. The summed E-state index contributed by atoms with van der Waals surface area (Å²) in [4.78, 5) is 19.3. The topological polar surface area (TPSA) is 54.1 Å². The molecule has 0 saturated heterocycles. The lowest BCUT2D eigenvalue weighted by atomic mass is 10.2. The van der Waals surface area contributed by atoms with Crippen molar-refractivity contribution in [3.63, 3.8) is 0 Å². The number of halogens is 1. The van der Waals surface area contributed by atoms with Crippen LogP contribution in [0.3, 0.4) is 0 Å². The number of benzene rings is 1. The zero-order chi connectivity index (χ0) is 12.1. The molecule has 2 N–H and O–H groups in total. The van der Waals surface area contributed by atoms with Gasteiger partial charge in [-0.05, 0) is 11.6 Å². The summed E-state index contributed by atoms with van der Waals surface area (Å²) < 4.78 is 0. The molecule has 4 nitrogen and oxygen atoms in total. The van der Waals surface area contributed by atoms with Gasteiger partial charge in [-0.15, -0.1) is 0 Å². The molecule has 1 heterocycles. The van der Waals surface area contributed by atoms with Crippen molar-refractivity contribution in [3.05, 3.63) is 58.9 Å². The van der Waals surface area contributed by atoms with Gasteiger partial charge in [0.25, 0.3) is 5.91 Å². The van der Waals surface area contributed by atoms with Crippen molar-refractivity contribution in [1.82, 2.24) is 10.5 Å². The minimum atomic E-state index is -0.354. The first-order valence-electron chi connectivity index (χ1n) is 5.05. The van der Waals surface area contributed by atoms with Gasteiger partial charge >= 0.3 is 0 Å². The summed E-state index contributed by atoms with van der Waals surface area (Å²) in [5.74, 6) is -0.354. The Labute approximate surface area is 104 Å². The van der Waals surface area contributed by atoms with Gasteiger partial charge in [0.05, 0.1) is 11.6 Å². The second kappa shape index (κ2) is 5.52. The summed E-state index contributed by atoms with van der Waals surface area (Å²) in [6.45, 7) is 0.320. The lowest BCUT2D eigenvalue weighted by Crippen LogP contribution is -2.23. The highest BCUT2D eigenvalue weighted by Gasteiger charge is 2.07. The quantitative estimate of drug-likeness (QED) is 0.820. The van der Waals surface area contributed by atoms with Gasteiger partial charge in [0.2, 0.25) is 0 Å². The number of hydroxylamine groups is 1. The molecular weight excluding hydrogens is 240 g/mol. The van der Waals surface area contributed by atoms with E-state index >= 15 is 0 Å². The number of nitrogens with one attached hydrogen (secondary N) is 2. The number of carbonyl (C=O) groups excluding carboxylic acids is 1. The van der Waals surface area contributed by atoms with Crippen LogP contribution in [0.25, 0.3) is 0 Å². The van der Waals surface area contributed by atoms with E-state index in [0.29, 0.717) is 17.3 Å². The maximum absolute atomic E-state index is 11.5. The van der Waals surface area contributed by atoms with E-state index in [1.165, 1.54) is 12.3 Å².